The molecule has 2 rings (SSSR count). The fourth-order valence-corrected chi connectivity index (χ4v) is 2.78. The van der Waals surface area contributed by atoms with E-state index in [0.717, 1.165) is 32.4 Å². The van der Waals surface area contributed by atoms with Gasteiger partial charge in [-0.2, -0.15) is 13.2 Å². The molecule has 0 bridgehead atoms. The Morgan fingerprint density at radius 3 is 2.53 bits per heavy atom. The molecule has 0 radical (unpaired) electrons. The van der Waals surface area contributed by atoms with Crippen LogP contribution in [0.5, 0.6) is 0 Å². The molecule has 0 amide bonds. The molecule has 0 aromatic rings. The Morgan fingerprint density at radius 2 is 2.05 bits per heavy atom. The number of nitrogens with zero attached hydrogens (tertiary/aromatic N) is 1. The van der Waals surface area contributed by atoms with Gasteiger partial charge in [-0.1, -0.05) is 6.92 Å². The summed E-state index contributed by atoms with van der Waals surface area (Å²) in [6.45, 7) is 3.87. The zero-order valence-corrected chi connectivity index (χ0v) is 11.4. The van der Waals surface area contributed by atoms with Gasteiger partial charge in [0.25, 0.3) is 0 Å². The van der Waals surface area contributed by atoms with Gasteiger partial charge in [-0.05, 0) is 25.8 Å². The first-order valence-electron chi connectivity index (χ1n) is 7.11. The smallest absolute Gasteiger partial charge is 0.381 e. The third-order valence-corrected chi connectivity index (χ3v) is 3.88. The topological polar surface area (TPSA) is 24.5 Å². The van der Waals surface area contributed by atoms with Crippen molar-refractivity contribution >= 4 is 0 Å². The Labute approximate surface area is 112 Å². The Morgan fingerprint density at radius 1 is 1.32 bits per heavy atom. The van der Waals surface area contributed by atoms with Crippen LogP contribution >= 0.6 is 0 Å². The standard InChI is InChI=1S/C13H23F3N2O/c1-2-17-12(10-5-6-19-8-10)7-18(11-3-4-11)9-13(14,15)16/h10-12,17H,2-9H2,1H3. The molecule has 1 saturated carbocycles. The summed E-state index contributed by atoms with van der Waals surface area (Å²) >= 11 is 0. The second kappa shape index (κ2) is 6.41. The van der Waals surface area contributed by atoms with Gasteiger partial charge in [0, 0.05) is 31.2 Å². The third-order valence-electron chi connectivity index (χ3n) is 3.88. The minimum absolute atomic E-state index is 0.107. The van der Waals surface area contributed by atoms with E-state index in [0.29, 0.717) is 19.1 Å². The Hall–Kier alpha value is -0.330. The van der Waals surface area contributed by atoms with Gasteiger partial charge in [-0.25, -0.2) is 0 Å². The maximum atomic E-state index is 12.6. The number of nitrogens with one attached hydrogen (secondary N) is 1. The minimum Gasteiger partial charge on any atom is -0.381 e. The van der Waals surface area contributed by atoms with E-state index in [9.17, 15) is 13.2 Å². The van der Waals surface area contributed by atoms with Crippen molar-refractivity contribution in [2.24, 2.45) is 5.92 Å². The van der Waals surface area contributed by atoms with Crippen molar-refractivity contribution < 1.29 is 17.9 Å². The molecule has 2 atom stereocenters. The predicted molar refractivity (Wildman–Crippen MR) is 67.0 cm³/mol. The van der Waals surface area contributed by atoms with Crippen molar-refractivity contribution in [1.29, 1.82) is 0 Å². The highest BCUT2D eigenvalue weighted by molar-refractivity contribution is 4.90. The number of ether oxygens (including phenoxy) is 1. The molecular weight excluding hydrogens is 257 g/mol. The van der Waals surface area contributed by atoms with Gasteiger partial charge < -0.3 is 10.1 Å². The van der Waals surface area contributed by atoms with Crippen LogP contribution in [0, 0.1) is 5.92 Å². The molecule has 2 aliphatic rings. The van der Waals surface area contributed by atoms with E-state index in [1.807, 2.05) is 6.92 Å². The van der Waals surface area contributed by atoms with Crippen molar-refractivity contribution in [2.75, 3.05) is 32.8 Å². The minimum atomic E-state index is -4.11. The summed E-state index contributed by atoms with van der Waals surface area (Å²) < 4.78 is 43.2. The molecule has 0 aromatic heterocycles. The summed E-state index contributed by atoms with van der Waals surface area (Å²) in [6.07, 6.45) is -1.36. The van der Waals surface area contributed by atoms with Crippen LogP contribution in [-0.2, 0) is 4.74 Å². The number of alkyl halides is 3. The maximum Gasteiger partial charge on any atom is 0.401 e. The number of rotatable bonds is 7. The molecule has 0 aromatic carbocycles. The lowest BCUT2D eigenvalue weighted by Gasteiger charge is -2.31. The zero-order chi connectivity index (χ0) is 13.9. The highest BCUT2D eigenvalue weighted by atomic mass is 19.4. The highest BCUT2D eigenvalue weighted by Gasteiger charge is 2.40. The molecule has 6 heteroatoms. The normalized spacial score (nSPS) is 26.1. The van der Waals surface area contributed by atoms with E-state index in [1.54, 1.807) is 4.90 Å². The summed E-state index contributed by atoms with van der Waals surface area (Å²) in [6, 6.07) is 0.237. The summed E-state index contributed by atoms with van der Waals surface area (Å²) in [5, 5.41) is 3.33. The lowest BCUT2D eigenvalue weighted by molar-refractivity contribution is -0.148. The average molecular weight is 280 g/mol. The Bertz CT molecular complexity index is 276. The van der Waals surface area contributed by atoms with Crippen LogP contribution in [0.3, 0.4) is 0 Å². The van der Waals surface area contributed by atoms with Crippen LogP contribution in [-0.4, -0.2) is 56.0 Å². The fourth-order valence-electron chi connectivity index (χ4n) is 2.78. The monoisotopic (exact) mass is 280 g/mol. The molecular formula is C13H23F3N2O. The first kappa shape index (κ1) is 15.1. The Balaban J connectivity index is 1.92. The molecule has 19 heavy (non-hydrogen) atoms. The number of halogens is 3. The lowest BCUT2D eigenvalue weighted by atomic mass is 9.98. The lowest BCUT2D eigenvalue weighted by Crippen LogP contribution is -2.49. The highest BCUT2D eigenvalue weighted by Crippen LogP contribution is 2.31. The van der Waals surface area contributed by atoms with E-state index in [4.69, 9.17) is 4.74 Å². The van der Waals surface area contributed by atoms with Crippen LogP contribution in [0.1, 0.15) is 26.2 Å². The zero-order valence-electron chi connectivity index (χ0n) is 11.4. The van der Waals surface area contributed by atoms with Gasteiger partial charge >= 0.3 is 6.18 Å². The fraction of sp³-hybridized carbons (Fsp3) is 1.00. The predicted octanol–water partition coefficient (Wildman–Crippen LogP) is 2.03. The van der Waals surface area contributed by atoms with Crippen LogP contribution in [0.4, 0.5) is 13.2 Å². The van der Waals surface area contributed by atoms with Crippen LogP contribution in [0.15, 0.2) is 0 Å². The van der Waals surface area contributed by atoms with Crippen LogP contribution in [0.2, 0.25) is 0 Å². The first-order chi connectivity index (χ1) is 8.99. The molecule has 1 N–H and O–H groups in total. The van der Waals surface area contributed by atoms with E-state index in [-0.39, 0.29) is 12.1 Å². The molecule has 1 heterocycles. The van der Waals surface area contributed by atoms with E-state index >= 15 is 0 Å². The van der Waals surface area contributed by atoms with Gasteiger partial charge in [0.2, 0.25) is 0 Å². The molecule has 1 aliphatic heterocycles. The molecule has 1 aliphatic carbocycles. The largest absolute Gasteiger partial charge is 0.401 e. The number of likely N-dealkylation sites (N-methyl/N-ethyl adjacent to an activating group) is 1. The second-order valence-electron chi connectivity index (χ2n) is 5.56. The summed E-state index contributed by atoms with van der Waals surface area (Å²) in [7, 11) is 0. The number of hydrogen-bond acceptors (Lipinski definition) is 3. The van der Waals surface area contributed by atoms with E-state index in [2.05, 4.69) is 5.32 Å². The third kappa shape index (κ3) is 4.93. The van der Waals surface area contributed by atoms with E-state index < -0.39 is 12.7 Å². The van der Waals surface area contributed by atoms with Crippen LogP contribution < -0.4 is 5.32 Å². The SMILES string of the molecule is CCNC(CN(CC(F)(F)F)C1CC1)C1CCOC1. The molecule has 1 saturated heterocycles. The summed E-state index contributed by atoms with van der Waals surface area (Å²) in [5.74, 6) is 0.342. The molecule has 2 unspecified atom stereocenters. The molecule has 0 spiro atoms. The van der Waals surface area contributed by atoms with Gasteiger partial charge in [-0.15, -0.1) is 0 Å². The van der Waals surface area contributed by atoms with Gasteiger partial charge in [0.05, 0.1) is 13.2 Å². The van der Waals surface area contributed by atoms with Gasteiger partial charge in [0.15, 0.2) is 0 Å². The summed E-state index contributed by atoms with van der Waals surface area (Å²) in [5.41, 5.74) is 0. The van der Waals surface area contributed by atoms with Crippen molar-refractivity contribution in [1.82, 2.24) is 10.2 Å². The number of hydrogen-bond donors (Lipinski definition) is 1. The maximum absolute atomic E-state index is 12.6. The summed E-state index contributed by atoms with van der Waals surface area (Å²) in [4.78, 5) is 1.60. The van der Waals surface area contributed by atoms with E-state index in [1.165, 1.54) is 0 Å². The molecule has 2 fully saturated rings. The Kier molecular flexibility index (Phi) is 5.09. The van der Waals surface area contributed by atoms with Gasteiger partial charge in [-0.3, -0.25) is 4.90 Å². The van der Waals surface area contributed by atoms with Crippen LogP contribution in [0.25, 0.3) is 0 Å². The molecule has 112 valence electrons. The first-order valence-corrected chi connectivity index (χ1v) is 7.11. The van der Waals surface area contributed by atoms with Crippen molar-refractivity contribution in [2.45, 2.75) is 44.4 Å². The van der Waals surface area contributed by atoms with Crippen molar-refractivity contribution in [3.8, 4) is 0 Å². The van der Waals surface area contributed by atoms with Gasteiger partial charge in [0.1, 0.15) is 0 Å². The second-order valence-corrected chi connectivity index (χ2v) is 5.56. The van der Waals surface area contributed by atoms with Crippen molar-refractivity contribution in [3.63, 3.8) is 0 Å². The average Bonchev–Trinajstić information content (AvgIpc) is 3.01. The molecule has 3 nitrogen and oxygen atoms in total. The van der Waals surface area contributed by atoms with Crippen molar-refractivity contribution in [3.05, 3.63) is 0 Å². The quantitative estimate of drug-likeness (QED) is 0.772.